The van der Waals surface area contributed by atoms with E-state index in [0.29, 0.717) is 12.2 Å². The number of carboxylic acids is 1. The van der Waals surface area contributed by atoms with Gasteiger partial charge in [-0.3, -0.25) is 4.79 Å². The van der Waals surface area contributed by atoms with Gasteiger partial charge in [-0.05, 0) is 25.8 Å². The van der Waals surface area contributed by atoms with E-state index in [9.17, 15) is 4.79 Å². The van der Waals surface area contributed by atoms with E-state index in [2.05, 4.69) is 15.0 Å². The SMILES string of the molecule is Cc1nccc(-c2nc3c(s2)CCC3C(=O)O)n1. The van der Waals surface area contributed by atoms with E-state index in [0.717, 1.165) is 27.7 Å². The van der Waals surface area contributed by atoms with E-state index in [-0.39, 0.29) is 0 Å². The van der Waals surface area contributed by atoms with Gasteiger partial charge < -0.3 is 5.11 Å². The minimum Gasteiger partial charge on any atom is -0.481 e. The van der Waals surface area contributed by atoms with Crippen LogP contribution in [0.1, 0.15) is 28.7 Å². The van der Waals surface area contributed by atoms with Gasteiger partial charge >= 0.3 is 5.97 Å². The molecule has 1 N–H and O–H groups in total. The number of aliphatic carboxylic acids is 1. The van der Waals surface area contributed by atoms with Crippen molar-refractivity contribution in [1.82, 2.24) is 15.0 Å². The average Bonchev–Trinajstić information content (AvgIpc) is 2.87. The van der Waals surface area contributed by atoms with Crippen molar-refractivity contribution in [1.29, 1.82) is 0 Å². The van der Waals surface area contributed by atoms with Crippen molar-refractivity contribution in [2.75, 3.05) is 0 Å². The summed E-state index contributed by atoms with van der Waals surface area (Å²) >= 11 is 1.54. The molecule has 0 saturated heterocycles. The van der Waals surface area contributed by atoms with Crippen molar-refractivity contribution in [2.45, 2.75) is 25.7 Å². The molecule has 2 aromatic rings. The van der Waals surface area contributed by atoms with E-state index in [4.69, 9.17) is 5.11 Å². The second-order valence-corrected chi connectivity index (χ2v) is 5.33. The Hall–Kier alpha value is -1.82. The van der Waals surface area contributed by atoms with Crippen molar-refractivity contribution in [3.63, 3.8) is 0 Å². The summed E-state index contributed by atoms with van der Waals surface area (Å²) in [7, 11) is 0. The highest BCUT2D eigenvalue weighted by Crippen LogP contribution is 2.39. The maximum atomic E-state index is 11.1. The zero-order valence-corrected chi connectivity index (χ0v) is 10.6. The number of hydrogen-bond donors (Lipinski definition) is 1. The van der Waals surface area contributed by atoms with Crippen LogP contribution < -0.4 is 0 Å². The molecule has 18 heavy (non-hydrogen) atoms. The van der Waals surface area contributed by atoms with Gasteiger partial charge in [-0.2, -0.15) is 0 Å². The Morgan fingerprint density at radius 1 is 1.50 bits per heavy atom. The lowest BCUT2D eigenvalue weighted by molar-refractivity contribution is -0.138. The first kappa shape index (κ1) is 11.3. The lowest BCUT2D eigenvalue weighted by atomic mass is 10.1. The van der Waals surface area contributed by atoms with Crippen LogP contribution in [-0.4, -0.2) is 26.0 Å². The van der Waals surface area contributed by atoms with E-state index in [1.807, 2.05) is 6.92 Å². The summed E-state index contributed by atoms with van der Waals surface area (Å²) in [6, 6.07) is 1.80. The van der Waals surface area contributed by atoms with Gasteiger partial charge in [0.05, 0.1) is 5.69 Å². The van der Waals surface area contributed by atoms with Crippen LogP contribution >= 0.6 is 11.3 Å². The summed E-state index contributed by atoms with van der Waals surface area (Å²) in [6.07, 6.45) is 3.15. The quantitative estimate of drug-likeness (QED) is 0.895. The van der Waals surface area contributed by atoms with Gasteiger partial charge in [0.25, 0.3) is 0 Å². The maximum absolute atomic E-state index is 11.1. The average molecular weight is 261 g/mol. The smallest absolute Gasteiger partial charge is 0.312 e. The molecule has 0 spiro atoms. The van der Waals surface area contributed by atoms with Gasteiger partial charge in [0.15, 0.2) is 0 Å². The lowest BCUT2D eigenvalue weighted by Gasteiger charge is -2.01. The number of carboxylic acid groups (broad SMARTS) is 1. The van der Waals surface area contributed by atoms with Gasteiger partial charge in [0.1, 0.15) is 22.4 Å². The maximum Gasteiger partial charge on any atom is 0.312 e. The molecule has 0 aromatic carbocycles. The van der Waals surface area contributed by atoms with Gasteiger partial charge in [-0.1, -0.05) is 0 Å². The van der Waals surface area contributed by atoms with Crippen LogP contribution in [0.5, 0.6) is 0 Å². The highest BCUT2D eigenvalue weighted by Gasteiger charge is 2.32. The standard InChI is InChI=1S/C12H11N3O2S/c1-6-13-5-4-8(14-6)11-15-10-7(12(16)17)2-3-9(10)18-11/h4-5,7H,2-3H2,1H3,(H,16,17). The number of hydrogen-bond acceptors (Lipinski definition) is 5. The summed E-state index contributed by atoms with van der Waals surface area (Å²) in [5, 5.41) is 9.91. The van der Waals surface area contributed by atoms with Crippen LogP contribution in [0.15, 0.2) is 12.3 Å². The van der Waals surface area contributed by atoms with Crippen molar-refractivity contribution in [2.24, 2.45) is 0 Å². The normalized spacial score (nSPS) is 17.7. The van der Waals surface area contributed by atoms with Crippen molar-refractivity contribution in [3.8, 4) is 10.7 Å². The van der Waals surface area contributed by atoms with Crippen molar-refractivity contribution >= 4 is 17.3 Å². The second kappa shape index (κ2) is 4.13. The fraction of sp³-hybridized carbons (Fsp3) is 0.333. The molecular formula is C12H11N3O2S. The largest absolute Gasteiger partial charge is 0.481 e. The fourth-order valence-electron chi connectivity index (χ4n) is 2.15. The van der Waals surface area contributed by atoms with Gasteiger partial charge in [-0.15, -0.1) is 11.3 Å². The third-order valence-corrected chi connectivity index (χ3v) is 4.16. The second-order valence-electron chi connectivity index (χ2n) is 4.25. The number of rotatable bonds is 2. The molecule has 3 rings (SSSR count). The fourth-order valence-corrected chi connectivity index (χ4v) is 3.26. The van der Waals surface area contributed by atoms with Crippen LogP contribution in [0.3, 0.4) is 0 Å². The molecule has 0 aliphatic heterocycles. The number of thiazole rings is 1. The highest BCUT2D eigenvalue weighted by atomic mass is 32.1. The van der Waals surface area contributed by atoms with E-state index in [1.165, 1.54) is 0 Å². The Morgan fingerprint density at radius 3 is 3.06 bits per heavy atom. The molecule has 1 atom stereocenters. The van der Waals surface area contributed by atoms with Crippen LogP contribution in [-0.2, 0) is 11.2 Å². The molecule has 0 saturated carbocycles. The lowest BCUT2D eigenvalue weighted by Crippen LogP contribution is -2.08. The molecule has 2 aromatic heterocycles. The van der Waals surface area contributed by atoms with E-state index in [1.54, 1.807) is 23.6 Å². The first-order chi connectivity index (χ1) is 8.65. The number of carbonyl (C=O) groups is 1. The number of fused-ring (bicyclic) bond motifs is 1. The first-order valence-corrected chi connectivity index (χ1v) is 6.49. The molecule has 0 radical (unpaired) electrons. The van der Waals surface area contributed by atoms with Crippen LogP contribution in [0.25, 0.3) is 10.7 Å². The molecule has 0 bridgehead atoms. The van der Waals surface area contributed by atoms with Gasteiger partial charge in [0, 0.05) is 11.1 Å². The molecular weight excluding hydrogens is 250 g/mol. The number of nitrogens with zero attached hydrogens (tertiary/aromatic N) is 3. The molecule has 92 valence electrons. The highest BCUT2D eigenvalue weighted by molar-refractivity contribution is 7.15. The van der Waals surface area contributed by atoms with Crippen molar-refractivity contribution < 1.29 is 9.90 Å². The minimum absolute atomic E-state index is 0.451. The summed E-state index contributed by atoms with van der Waals surface area (Å²) < 4.78 is 0. The summed E-state index contributed by atoms with van der Waals surface area (Å²) in [4.78, 5) is 25.0. The Balaban J connectivity index is 2.02. The zero-order chi connectivity index (χ0) is 12.7. The summed E-state index contributed by atoms with van der Waals surface area (Å²) in [5.41, 5.74) is 1.49. The number of aromatic nitrogens is 3. The van der Waals surface area contributed by atoms with Gasteiger partial charge in [-0.25, -0.2) is 15.0 Å². The van der Waals surface area contributed by atoms with E-state index < -0.39 is 11.9 Å². The van der Waals surface area contributed by atoms with Crippen LogP contribution in [0.2, 0.25) is 0 Å². The topological polar surface area (TPSA) is 76.0 Å². The Morgan fingerprint density at radius 2 is 2.33 bits per heavy atom. The Bertz CT molecular complexity index is 624. The molecule has 2 heterocycles. The van der Waals surface area contributed by atoms with Crippen LogP contribution in [0, 0.1) is 6.92 Å². The Kier molecular flexibility index (Phi) is 2.59. The summed E-state index contributed by atoms with van der Waals surface area (Å²) in [6.45, 7) is 1.82. The van der Waals surface area contributed by atoms with E-state index >= 15 is 0 Å². The number of aryl methyl sites for hydroxylation is 2. The molecule has 0 amide bonds. The zero-order valence-electron chi connectivity index (χ0n) is 9.75. The predicted molar refractivity (Wildman–Crippen MR) is 66.6 cm³/mol. The molecule has 5 nitrogen and oxygen atoms in total. The molecule has 1 aliphatic carbocycles. The third kappa shape index (κ3) is 1.78. The molecule has 6 heteroatoms. The Labute approximate surface area is 108 Å². The minimum atomic E-state index is -0.788. The summed E-state index contributed by atoms with van der Waals surface area (Å²) in [5.74, 6) is -0.546. The van der Waals surface area contributed by atoms with Crippen LogP contribution in [0.4, 0.5) is 0 Å². The predicted octanol–water partition coefficient (Wildman–Crippen LogP) is 2.02. The molecule has 1 aliphatic rings. The van der Waals surface area contributed by atoms with Crippen molar-refractivity contribution in [3.05, 3.63) is 28.7 Å². The monoisotopic (exact) mass is 261 g/mol. The first-order valence-electron chi connectivity index (χ1n) is 5.67. The third-order valence-electron chi connectivity index (χ3n) is 3.01. The molecule has 0 fully saturated rings. The van der Waals surface area contributed by atoms with Gasteiger partial charge in [0.2, 0.25) is 0 Å². The molecule has 1 unspecified atom stereocenters.